The molecule has 1 atom stereocenters. The number of methoxy groups -OCH3 is 1. The minimum atomic E-state index is -0.795. The molecule has 0 heterocycles. The number of carboxylic acid groups (broad SMARTS) is 1. The van der Waals surface area contributed by atoms with Crippen LogP contribution >= 0.6 is 0 Å². The lowest BCUT2D eigenvalue weighted by atomic mass is 10.00. The van der Waals surface area contributed by atoms with E-state index in [1.54, 1.807) is 14.0 Å². The third-order valence-electron chi connectivity index (χ3n) is 3.39. The minimum Gasteiger partial charge on any atom is -0.493 e. The van der Waals surface area contributed by atoms with E-state index in [-0.39, 0.29) is 0 Å². The van der Waals surface area contributed by atoms with Crippen LogP contribution in [-0.4, -0.2) is 24.8 Å². The van der Waals surface area contributed by atoms with Gasteiger partial charge in [-0.2, -0.15) is 0 Å². The van der Waals surface area contributed by atoms with Crippen molar-refractivity contribution in [2.45, 2.75) is 26.2 Å². The van der Waals surface area contributed by atoms with Crippen LogP contribution < -0.4 is 9.47 Å². The summed E-state index contributed by atoms with van der Waals surface area (Å²) in [6, 6.07) is 5.62. The number of rotatable bonds is 7. The monoisotopic (exact) mass is 264 g/mol. The molecule has 0 aliphatic heterocycles. The van der Waals surface area contributed by atoms with Gasteiger partial charge in [0.25, 0.3) is 0 Å². The zero-order valence-electron chi connectivity index (χ0n) is 11.4. The predicted octanol–water partition coefficient (Wildman–Crippen LogP) is 2.75. The fourth-order valence-electron chi connectivity index (χ4n) is 1.95. The maximum Gasteiger partial charge on any atom is 0.306 e. The van der Waals surface area contributed by atoms with Gasteiger partial charge in [-0.25, -0.2) is 0 Å². The first-order valence-electron chi connectivity index (χ1n) is 6.63. The number of aliphatic carboxylic acids is 1. The van der Waals surface area contributed by atoms with Crippen molar-refractivity contribution in [1.29, 1.82) is 0 Å². The average Bonchev–Trinajstić information content (AvgIpc) is 3.20. The quantitative estimate of drug-likeness (QED) is 0.822. The van der Waals surface area contributed by atoms with Crippen LogP contribution in [-0.2, 0) is 11.2 Å². The van der Waals surface area contributed by atoms with E-state index in [0.717, 1.165) is 5.56 Å². The van der Waals surface area contributed by atoms with Gasteiger partial charge in [-0.3, -0.25) is 4.79 Å². The van der Waals surface area contributed by atoms with Crippen LogP contribution in [0, 0.1) is 11.8 Å². The largest absolute Gasteiger partial charge is 0.493 e. The zero-order chi connectivity index (χ0) is 13.8. The van der Waals surface area contributed by atoms with Crippen LogP contribution in [0.4, 0.5) is 0 Å². The fraction of sp³-hybridized carbons (Fsp3) is 0.533. The van der Waals surface area contributed by atoms with Gasteiger partial charge in [0.15, 0.2) is 11.5 Å². The molecule has 1 aromatic carbocycles. The summed E-state index contributed by atoms with van der Waals surface area (Å²) in [6.07, 6.45) is 2.89. The van der Waals surface area contributed by atoms with Gasteiger partial charge in [0.05, 0.1) is 19.6 Å². The van der Waals surface area contributed by atoms with E-state index >= 15 is 0 Å². The van der Waals surface area contributed by atoms with E-state index in [1.165, 1.54) is 12.8 Å². The zero-order valence-corrected chi connectivity index (χ0v) is 11.4. The SMILES string of the molecule is COc1cccc(CC(C)C(=O)O)c1OCC1CC1. The first-order chi connectivity index (χ1) is 9.11. The highest BCUT2D eigenvalue weighted by Crippen LogP contribution is 2.36. The van der Waals surface area contributed by atoms with E-state index in [4.69, 9.17) is 14.6 Å². The first-order valence-corrected chi connectivity index (χ1v) is 6.63. The van der Waals surface area contributed by atoms with Crippen LogP contribution in [0.25, 0.3) is 0 Å². The third-order valence-corrected chi connectivity index (χ3v) is 3.39. The van der Waals surface area contributed by atoms with Crippen molar-refractivity contribution in [2.24, 2.45) is 11.8 Å². The molecule has 0 bridgehead atoms. The minimum absolute atomic E-state index is 0.435. The maximum atomic E-state index is 11.0. The Labute approximate surface area is 113 Å². The molecule has 4 heteroatoms. The lowest BCUT2D eigenvalue weighted by Crippen LogP contribution is -2.13. The second-order valence-corrected chi connectivity index (χ2v) is 5.15. The molecule has 1 unspecified atom stereocenters. The molecule has 4 nitrogen and oxygen atoms in total. The molecule has 1 N–H and O–H groups in total. The van der Waals surface area contributed by atoms with Crippen molar-refractivity contribution in [3.05, 3.63) is 23.8 Å². The van der Waals surface area contributed by atoms with Crippen molar-refractivity contribution in [3.63, 3.8) is 0 Å². The number of carbonyl (C=O) groups is 1. The summed E-state index contributed by atoms with van der Waals surface area (Å²) in [5.41, 5.74) is 0.898. The fourth-order valence-corrected chi connectivity index (χ4v) is 1.95. The van der Waals surface area contributed by atoms with Crippen molar-refractivity contribution < 1.29 is 19.4 Å². The van der Waals surface area contributed by atoms with Gasteiger partial charge in [-0.15, -0.1) is 0 Å². The molecule has 0 spiro atoms. The first kappa shape index (κ1) is 13.7. The van der Waals surface area contributed by atoms with Gasteiger partial charge in [-0.05, 0) is 36.8 Å². The van der Waals surface area contributed by atoms with Crippen molar-refractivity contribution in [1.82, 2.24) is 0 Å². The highest BCUT2D eigenvalue weighted by molar-refractivity contribution is 5.70. The van der Waals surface area contributed by atoms with E-state index in [9.17, 15) is 4.79 Å². The summed E-state index contributed by atoms with van der Waals surface area (Å²) in [4.78, 5) is 11.0. The molecule has 1 aliphatic carbocycles. The number of hydrogen-bond donors (Lipinski definition) is 1. The van der Waals surface area contributed by atoms with Crippen LogP contribution in [0.3, 0.4) is 0 Å². The third kappa shape index (κ3) is 3.63. The summed E-state index contributed by atoms with van der Waals surface area (Å²) in [5, 5.41) is 9.02. The predicted molar refractivity (Wildman–Crippen MR) is 71.7 cm³/mol. The van der Waals surface area contributed by atoms with Gasteiger partial charge in [0.1, 0.15) is 0 Å². The molecule has 1 aromatic rings. The molecule has 0 amide bonds. The summed E-state index contributed by atoms with van der Waals surface area (Å²) in [5.74, 6) is 0.793. The Bertz CT molecular complexity index is 451. The summed E-state index contributed by atoms with van der Waals surface area (Å²) < 4.78 is 11.2. The van der Waals surface area contributed by atoms with Crippen LogP contribution in [0.2, 0.25) is 0 Å². The molecule has 1 fully saturated rings. The highest BCUT2D eigenvalue weighted by atomic mass is 16.5. The normalized spacial score (nSPS) is 15.9. The summed E-state index contributed by atoms with van der Waals surface area (Å²) in [6.45, 7) is 2.39. The molecule has 104 valence electrons. The number of hydrogen-bond acceptors (Lipinski definition) is 3. The Kier molecular flexibility index (Phi) is 4.30. The Hall–Kier alpha value is -1.71. The van der Waals surface area contributed by atoms with E-state index in [1.807, 2.05) is 18.2 Å². The van der Waals surface area contributed by atoms with Gasteiger partial charge < -0.3 is 14.6 Å². The second-order valence-electron chi connectivity index (χ2n) is 5.15. The van der Waals surface area contributed by atoms with E-state index in [0.29, 0.717) is 30.4 Å². The van der Waals surface area contributed by atoms with Gasteiger partial charge in [0.2, 0.25) is 0 Å². The topological polar surface area (TPSA) is 55.8 Å². The summed E-state index contributed by atoms with van der Waals surface area (Å²) >= 11 is 0. The van der Waals surface area contributed by atoms with Crippen LogP contribution in [0.5, 0.6) is 11.5 Å². The van der Waals surface area contributed by atoms with E-state index in [2.05, 4.69) is 0 Å². The molecule has 0 aromatic heterocycles. The Balaban J connectivity index is 2.16. The molecular weight excluding hydrogens is 244 g/mol. The van der Waals surface area contributed by atoms with Crippen molar-refractivity contribution in [2.75, 3.05) is 13.7 Å². The number of benzene rings is 1. The average molecular weight is 264 g/mol. The molecular formula is C15H20O4. The van der Waals surface area contributed by atoms with Crippen LogP contribution in [0.15, 0.2) is 18.2 Å². The molecule has 2 rings (SSSR count). The Morgan fingerprint density at radius 1 is 1.47 bits per heavy atom. The summed E-state index contributed by atoms with van der Waals surface area (Å²) in [7, 11) is 1.60. The Morgan fingerprint density at radius 3 is 2.79 bits per heavy atom. The number of carboxylic acids is 1. The lowest BCUT2D eigenvalue weighted by Gasteiger charge is -2.16. The highest BCUT2D eigenvalue weighted by Gasteiger charge is 2.24. The van der Waals surface area contributed by atoms with Gasteiger partial charge >= 0.3 is 5.97 Å². The second kappa shape index (κ2) is 5.95. The van der Waals surface area contributed by atoms with Gasteiger partial charge in [-0.1, -0.05) is 19.1 Å². The maximum absolute atomic E-state index is 11.0. The van der Waals surface area contributed by atoms with Crippen molar-refractivity contribution >= 4 is 5.97 Å². The number of para-hydroxylation sites is 1. The molecule has 19 heavy (non-hydrogen) atoms. The lowest BCUT2D eigenvalue weighted by molar-refractivity contribution is -0.141. The number of ether oxygens (including phenoxy) is 2. The Morgan fingerprint density at radius 2 is 2.21 bits per heavy atom. The molecule has 1 saturated carbocycles. The molecule has 0 saturated heterocycles. The van der Waals surface area contributed by atoms with Crippen LogP contribution in [0.1, 0.15) is 25.3 Å². The molecule has 0 radical (unpaired) electrons. The smallest absolute Gasteiger partial charge is 0.306 e. The van der Waals surface area contributed by atoms with Crippen molar-refractivity contribution in [3.8, 4) is 11.5 Å². The van der Waals surface area contributed by atoms with Gasteiger partial charge in [0, 0.05) is 0 Å². The van der Waals surface area contributed by atoms with E-state index < -0.39 is 11.9 Å². The molecule has 1 aliphatic rings. The standard InChI is InChI=1S/C15H20O4/c1-10(15(16)17)8-12-4-3-5-13(18-2)14(12)19-9-11-6-7-11/h3-5,10-11H,6-9H2,1-2H3,(H,16,17).